The van der Waals surface area contributed by atoms with E-state index in [0.29, 0.717) is 6.04 Å². The Labute approximate surface area is 82.9 Å². The van der Waals surface area contributed by atoms with Gasteiger partial charge >= 0.3 is 0 Å². The van der Waals surface area contributed by atoms with E-state index in [-0.39, 0.29) is 0 Å². The minimum Gasteiger partial charge on any atom is -0.314 e. The minimum absolute atomic E-state index is 0.317. The summed E-state index contributed by atoms with van der Waals surface area (Å²) in [5.41, 5.74) is 1.07. The van der Waals surface area contributed by atoms with Crippen molar-refractivity contribution in [2.24, 2.45) is 0 Å². The van der Waals surface area contributed by atoms with Crippen molar-refractivity contribution in [1.82, 2.24) is 15.2 Å². The molecule has 14 heavy (non-hydrogen) atoms. The molecule has 2 heterocycles. The third-order valence-corrected chi connectivity index (χ3v) is 2.65. The van der Waals surface area contributed by atoms with E-state index in [1.54, 1.807) is 12.3 Å². The molecule has 2 rings (SSSR count). The molecule has 1 N–H and O–H groups in total. The second kappa shape index (κ2) is 4.02. The second-order valence-corrected chi connectivity index (χ2v) is 3.61. The highest BCUT2D eigenvalue weighted by Crippen LogP contribution is 2.19. The molecule has 0 radical (unpaired) electrons. The van der Waals surface area contributed by atoms with Gasteiger partial charge in [-0.2, -0.15) is 4.39 Å². The Bertz CT molecular complexity index is 299. The van der Waals surface area contributed by atoms with Gasteiger partial charge < -0.3 is 5.32 Å². The van der Waals surface area contributed by atoms with Crippen molar-refractivity contribution in [1.29, 1.82) is 0 Å². The zero-order chi connectivity index (χ0) is 9.97. The van der Waals surface area contributed by atoms with Crippen molar-refractivity contribution >= 4 is 0 Å². The first kappa shape index (κ1) is 9.55. The lowest BCUT2D eigenvalue weighted by Crippen LogP contribution is -2.43. The molecular weight excluding hydrogens is 181 g/mol. The number of piperazine rings is 1. The van der Waals surface area contributed by atoms with E-state index in [1.165, 1.54) is 6.07 Å². The van der Waals surface area contributed by atoms with Gasteiger partial charge in [-0.15, -0.1) is 0 Å². The Morgan fingerprint density at radius 2 is 2.43 bits per heavy atom. The van der Waals surface area contributed by atoms with Crippen LogP contribution >= 0.6 is 0 Å². The second-order valence-electron chi connectivity index (χ2n) is 3.61. The minimum atomic E-state index is -0.417. The van der Waals surface area contributed by atoms with E-state index in [2.05, 4.69) is 22.2 Å². The van der Waals surface area contributed by atoms with E-state index < -0.39 is 5.95 Å². The summed E-state index contributed by atoms with van der Waals surface area (Å²) in [6.45, 7) is 2.94. The molecule has 1 aliphatic heterocycles. The molecule has 1 unspecified atom stereocenters. The van der Waals surface area contributed by atoms with Crippen molar-refractivity contribution in [3.8, 4) is 0 Å². The van der Waals surface area contributed by atoms with Gasteiger partial charge in [0.05, 0.1) is 0 Å². The molecule has 1 fully saturated rings. The highest BCUT2D eigenvalue weighted by molar-refractivity contribution is 5.15. The van der Waals surface area contributed by atoms with Crippen LogP contribution in [0, 0.1) is 5.95 Å². The molecule has 0 bridgehead atoms. The summed E-state index contributed by atoms with van der Waals surface area (Å²) in [6, 6.07) is 3.53. The average molecular weight is 195 g/mol. The van der Waals surface area contributed by atoms with Crippen LogP contribution in [0.5, 0.6) is 0 Å². The van der Waals surface area contributed by atoms with Crippen LogP contribution in [0.2, 0.25) is 0 Å². The third-order valence-electron chi connectivity index (χ3n) is 2.65. The van der Waals surface area contributed by atoms with Gasteiger partial charge in [-0.05, 0) is 18.7 Å². The van der Waals surface area contributed by atoms with Crippen LogP contribution in [0.4, 0.5) is 4.39 Å². The standard InChI is InChI=1S/C10H14FN3/c1-14-5-4-12-7-9(14)8-2-3-10(11)13-6-8/h2-3,6,9,12H,4-5,7H2,1H3. The summed E-state index contributed by atoms with van der Waals surface area (Å²) in [4.78, 5) is 5.92. The number of nitrogens with one attached hydrogen (secondary N) is 1. The van der Waals surface area contributed by atoms with Gasteiger partial charge in [0.25, 0.3) is 0 Å². The van der Waals surface area contributed by atoms with Gasteiger partial charge in [0.1, 0.15) is 0 Å². The first-order valence-electron chi connectivity index (χ1n) is 4.80. The SMILES string of the molecule is CN1CCNCC1c1ccc(F)nc1. The fourth-order valence-electron chi connectivity index (χ4n) is 1.76. The topological polar surface area (TPSA) is 28.2 Å². The number of hydrogen-bond acceptors (Lipinski definition) is 3. The molecule has 4 heteroatoms. The highest BCUT2D eigenvalue weighted by atomic mass is 19.1. The van der Waals surface area contributed by atoms with Crippen molar-refractivity contribution in [2.75, 3.05) is 26.7 Å². The van der Waals surface area contributed by atoms with Crippen LogP contribution < -0.4 is 5.32 Å². The number of hydrogen-bond donors (Lipinski definition) is 1. The fraction of sp³-hybridized carbons (Fsp3) is 0.500. The number of halogens is 1. The molecule has 1 saturated heterocycles. The maximum absolute atomic E-state index is 12.6. The van der Waals surface area contributed by atoms with E-state index in [0.717, 1.165) is 25.2 Å². The number of pyridine rings is 1. The van der Waals surface area contributed by atoms with Crippen molar-refractivity contribution < 1.29 is 4.39 Å². The normalized spacial score (nSPS) is 23.7. The fourth-order valence-corrected chi connectivity index (χ4v) is 1.76. The molecule has 1 aliphatic rings. The van der Waals surface area contributed by atoms with Gasteiger partial charge in [0, 0.05) is 31.9 Å². The third kappa shape index (κ3) is 1.91. The smallest absolute Gasteiger partial charge is 0.212 e. The molecule has 0 aromatic carbocycles. The molecular formula is C10H14FN3. The first-order valence-corrected chi connectivity index (χ1v) is 4.80. The van der Waals surface area contributed by atoms with Crippen LogP contribution in [0.25, 0.3) is 0 Å². The van der Waals surface area contributed by atoms with Gasteiger partial charge in [0.15, 0.2) is 0 Å². The first-order chi connectivity index (χ1) is 6.77. The zero-order valence-corrected chi connectivity index (χ0v) is 8.20. The highest BCUT2D eigenvalue weighted by Gasteiger charge is 2.20. The van der Waals surface area contributed by atoms with Crippen molar-refractivity contribution in [3.05, 3.63) is 29.8 Å². The Balaban J connectivity index is 2.16. The molecule has 1 atom stereocenters. The van der Waals surface area contributed by atoms with Crippen molar-refractivity contribution in [2.45, 2.75) is 6.04 Å². The summed E-state index contributed by atoms with van der Waals surface area (Å²) in [5, 5.41) is 3.32. The average Bonchev–Trinajstić information content (AvgIpc) is 2.20. The van der Waals surface area contributed by atoms with Gasteiger partial charge in [-0.25, -0.2) is 4.98 Å². The summed E-state index contributed by atoms with van der Waals surface area (Å²) in [6.07, 6.45) is 1.61. The number of aromatic nitrogens is 1. The van der Waals surface area contributed by atoms with Gasteiger partial charge in [-0.3, -0.25) is 4.90 Å². The molecule has 0 spiro atoms. The van der Waals surface area contributed by atoms with Crippen LogP contribution in [-0.2, 0) is 0 Å². The largest absolute Gasteiger partial charge is 0.314 e. The van der Waals surface area contributed by atoms with Crippen LogP contribution in [0.15, 0.2) is 18.3 Å². The molecule has 0 amide bonds. The number of likely N-dealkylation sites (N-methyl/N-ethyl adjacent to an activating group) is 1. The Morgan fingerprint density at radius 1 is 1.57 bits per heavy atom. The maximum Gasteiger partial charge on any atom is 0.212 e. The number of nitrogens with zero attached hydrogens (tertiary/aromatic N) is 2. The summed E-state index contributed by atoms with van der Waals surface area (Å²) >= 11 is 0. The van der Waals surface area contributed by atoms with Gasteiger partial charge in [0.2, 0.25) is 5.95 Å². The zero-order valence-electron chi connectivity index (χ0n) is 8.20. The lowest BCUT2D eigenvalue weighted by molar-refractivity contribution is 0.202. The molecule has 3 nitrogen and oxygen atoms in total. The lowest BCUT2D eigenvalue weighted by Gasteiger charge is -2.33. The molecule has 76 valence electrons. The predicted octanol–water partition coefficient (Wildman–Crippen LogP) is 0.797. The summed E-state index contributed by atoms with van der Waals surface area (Å²) < 4.78 is 12.6. The molecule has 1 aromatic rings. The molecule has 0 aliphatic carbocycles. The van der Waals surface area contributed by atoms with Crippen LogP contribution in [0.3, 0.4) is 0 Å². The molecule has 0 saturated carbocycles. The Hall–Kier alpha value is -1.00. The predicted molar refractivity (Wildman–Crippen MR) is 52.4 cm³/mol. The van der Waals surface area contributed by atoms with E-state index in [1.807, 2.05) is 0 Å². The van der Waals surface area contributed by atoms with E-state index in [4.69, 9.17) is 0 Å². The summed E-state index contributed by atoms with van der Waals surface area (Å²) in [5.74, 6) is -0.417. The number of rotatable bonds is 1. The summed E-state index contributed by atoms with van der Waals surface area (Å²) in [7, 11) is 2.08. The van der Waals surface area contributed by atoms with E-state index in [9.17, 15) is 4.39 Å². The molecule has 1 aromatic heterocycles. The monoisotopic (exact) mass is 195 g/mol. The quantitative estimate of drug-likeness (QED) is 0.672. The van der Waals surface area contributed by atoms with E-state index >= 15 is 0 Å². The lowest BCUT2D eigenvalue weighted by atomic mass is 10.1. The Morgan fingerprint density at radius 3 is 3.07 bits per heavy atom. The maximum atomic E-state index is 12.6. The van der Waals surface area contributed by atoms with Crippen LogP contribution in [0.1, 0.15) is 11.6 Å². The van der Waals surface area contributed by atoms with Crippen LogP contribution in [-0.4, -0.2) is 36.6 Å². The van der Waals surface area contributed by atoms with Gasteiger partial charge in [-0.1, -0.05) is 6.07 Å². The Kier molecular flexibility index (Phi) is 2.74. The van der Waals surface area contributed by atoms with Crippen molar-refractivity contribution in [3.63, 3.8) is 0 Å².